The van der Waals surface area contributed by atoms with Crippen molar-refractivity contribution in [1.82, 2.24) is 0 Å². The molecule has 0 bridgehead atoms. The molecule has 1 N–H and O–H groups in total. The quantitative estimate of drug-likeness (QED) is 0.922. The SMILES string of the molecule is O=S(=O)(c1cccs1)c1ccc(O)c(Cl)c1Cl. The van der Waals surface area contributed by atoms with Gasteiger partial charge in [-0.05, 0) is 23.6 Å². The Labute approximate surface area is 112 Å². The summed E-state index contributed by atoms with van der Waals surface area (Å²) >= 11 is 12.6. The number of phenolic OH excluding ortho intramolecular Hbond substituents is 1. The van der Waals surface area contributed by atoms with Crippen molar-refractivity contribution in [2.45, 2.75) is 9.10 Å². The van der Waals surface area contributed by atoms with Gasteiger partial charge in [-0.25, -0.2) is 8.42 Å². The Kier molecular flexibility index (Phi) is 3.36. The van der Waals surface area contributed by atoms with E-state index in [1.165, 1.54) is 18.2 Å². The summed E-state index contributed by atoms with van der Waals surface area (Å²) in [5.74, 6) is -0.248. The van der Waals surface area contributed by atoms with Gasteiger partial charge in [-0.2, -0.15) is 0 Å². The second-order valence-corrected chi connectivity index (χ2v) is 6.99. The van der Waals surface area contributed by atoms with Crippen molar-refractivity contribution < 1.29 is 13.5 Å². The second-order valence-electron chi connectivity index (χ2n) is 3.15. The molecule has 0 amide bonds. The van der Waals surface area contributed by atoms with Crippen LogP contribution in [-0.2, 0) is 9.84 Å². The van der Waals surface area contributed by atoms with Crippen molar-refractivity contribution in [2.75, 3.05) is 0 Å². The summed E-state index contributed by atoms with van der Waals surface area (Å²) in [6, 6.07) is 5.55. The minimum Gasteiger partial charge on any atom is -0.506 e. The highest BCUT2D eigenvalue weighted by molar-refractivity contribution is 7.93. The Morgan fingerprint density at radius 1 is 1.12 bits per heavy atom. The lowest BCUT2D eigenvalue weighted by Crippen LogP contribution is -2.00. The molecule has 1 aromatic heterocycles. The van der Waals surface area contributed by atoms with Crippen LogP contribution in [0.5, 0.6) is 5.75 Å². The summed E-state index contributed by atoms with van der Waals surface area (Å²) in [6.45, 7) is 0. The second kappa shape index (κ2) is 4.49. The zero-order valence-corrected chi connectivity index (χ0v) is 11.4. The highest BCUT2D eigenvalue weighted by atomic mass is 35.5. The van der Waals surface area contributed by atoms with Crippen LogP contribution in [0.2, 0.25) is 10.0 Å². The van der Waals surface area contributed by atoms with Crippen LogP contribution in [0.3, 0.4) is 0 Å². The average molecular weight is 309 g/mol. The third-order valence-electron chi connectivity index (χ3n) is 2.08. The average Bonchev–Trinajstić information content (AvgIpc) is 2.79. The number of phenols is 1. The molecule has 2 aromatic rings. The summed E-state index contributed by atoms with van der Waals surface area (Å²) in [6.07, 6.45) is 0. The fourth-order valence-corrected chi connectivity index (χ4v) is 4.39. The van der Waals surface area contributed by atoms with E-state index in [2.05, 4.69) is 0 Å². The van der Waals surface area contributed by atoms with Crippen LogP contribution in [-0.4, -0.2) is 13.5 Å². The molecule has 0 atom stereocenters. The maximum absolute atomic E-state index is 12.2. The molecular weight excluding hydrogens is 303 g/mol. The van der Waals surface area contributed by atoms with Gasteiger partial charge < -0.3 is 5.11 Å². The van der Waals surface area contributed by atoms with Crippen LogP contribution in [0, 0.1) is 0 Å². The molecule has 0 aliphatic carbocycles. The lowest BCUT2D eigenvalue weighted by Gasteiger charge is -2.06. The Bertz CT molecular complexity index is 648. The molecule has 1 aromatic carbocycles. The van der Waals surface area contributed by atoms with Gasteiger partial charge >= 0.3 is 0 Å². The van der Waals surface area contributed by atoms with E-state index < -0.39 is 9.84 Å². The van der Waals surface area contributed by atoms with Crippen molar-refractivity contribution in [1.29, 1.82) is 0 Å². The van der Waals surface area contributed by atoms with Crippen LogP contribution in [0.4, 0.5) is 0 Å². The van der Waals surface area contributed by atoms with E-state index in [1.54, 1.807) is 11.4 Å². The van der Waals surface area contributed by atoms with E-state index in [0.717, 1.165) is 11.3 Å². The zero-order chi connectivity index (χ0) is 12.6. The fourth-order valence-electron chi connectivity index (χ4n) is 1.25. The number of thiophene rings is 1. The molecular formula is C10H6Cl2O3S2. The highest BCUT2D eigenvalue weighted by Crippen LogP contribution is 2.38. The van der Waals surface area contributed by atoms with E-state index >= 15 is 0 Å². The Hall–Kier alpha value is -0.750. The Morgan fingerprint density at radius 2 is 1.82 bits per heavy atom. The molecule has 3 nitrogen and oxygen atoms in total. The number of halogens is 2. The first-order valence-electron chi connectivity index (χ1n) is 4.40. The Balaban J connectivity index is 2.67. The van der Waals surface area contributed by atoms with Gasteiger partial charge in [0.05, 0.1) is 9.92 Å². The number of rotatable bonds is 2. The predicted molar refractivity (Wildman–Crippen MR) is 67.9 cm³/mol. The van der Waals surface area contributed by atoms with Crippen molar-refractivity contribution in [3.8, 4) is 5.75 Å². The van der Waals surface area contributed by atoms with Gasteiger partial charge in [0.15, 0.2) is 0 Å². The molecule has 0 unspecified atom stereocenters. The lowest BCUT2D eigenvalue weighted by atomic mass is 10.3. The van der Waals surface area contributed by atoms with Crippen molar-refractivity contribution in [3.63, 3.8) is 0 Å². The standard InChI is InChI=1S/C10H6Cl2O3S2/c11-9-6(13)3-4-7(10(9)12)17(14,15)8-2-1-5-16-8/h1-5,13H. The maximum atomic E-state index is 12.2. The van der Waals surface area contributed by atoms with Crippen LogP contribution in [0.25, 0.3) is 0 Å². The van der Waals surface area contributed by atoms with E-state index in [4.69, 9.17) is 23.2 Å². The predicted octanol–water partition coefficient (Wildman–Crippen LogP) is 3.59. The minimum atomic E-state index is -3.67. The van der Waals surface area contributed by atoms with Gasteiger partial charge in [0.2, 0.25) is 9.84 Å². The minimum absolute atomic E-state index is 0.107. The molecule has 0 saturated carbocycles. The number of aromatic hydroxyl groups is 1. The molecule has 90 valence electrons. The van der Waals surface area contributed by atoms with Crippen molar-refractivity contribution in [2.24, 2.45) is 0 Å². The smallest absolute Gasteiger partial charge is 0.217 e. The van der Waals surface area contributed by atoms with E-state index in [0.29, 0.717) is 0 Å². The van der Waals surface area contributed by atoms with Crippen LogP contribution in [0.1, 0.15) is 0 Å². The molecule has 0 radical (unpaired) electrons. The van der Waals surface area contributed by atoms with Crippen molar-refractivity contribution in [3.05, 3.63) is 39.7 Å². The largest absolute Gasteiger partial charge is 0.506 e. The molecule has 2 rings (SSSR count). The molecule has 17 heavy (non-hydrogen) atoms. The Morgan fingerprint density at radius 3 is 2.41 bits per heavy atom. The monoisotopic (exact) mass is 308 g/mol. The van der Waals surface area contributed by atoms with Gasteiger partial charge in [0, 0.05) is 0 Å². The molecule has 0 aliphatic heterocycles. The van der Waals surface area contributed by atoms with E-state index in [9.17, 15) is 13.5 Å². The third kappa shape index (κ3) is 2.15. The summed E-state index contributed by atoms with van der Waals surface area (Å²) in [5.41, 5.74) is 0. The summed E-state index contributed by atoms with van der Waals surface area (Å²) < 4.78 is 24.5. The first-order chi connectivity index (χ1) is 7.94. The van der Waals surface area contributed by atoms with Gasteiger partial charge in [0.25, 0.3) is 0 Å². The number of benzene rings is 1. The third-order valence-corrected chi connectivity index (χ3v) is 6.25. The molecule has 7 heteroatoms. The number of sulfone groups is 1. The molecule has 1 heterocycles. The van der Waals surface area contributed by atoms with Crippen LogP contribution < -0.4 is 0 Å². The first kappa shape index (κ1) is 12.7. The van der Waals surface area contributed by atoms with Crippen LogP contribution >= 0.6 is 34.5 Å². The first-order valence-corrected chi connectivity index (χ1v) is 7.52. The molecule has 0 fully saturated rings. The van der Waals surface area contributed by atoms with E-state index in [1.807, 2.05) is 0 Å². The molecule has 0 spiro atoms. The highest BCUT2D eigenvalue weighted by Gasteiger charge is 2.24. The lowest BCUT2D eigenvalue weighted by molar-refractivity contribution is 0.475. The topological polar surface area (TPSA) is 54.4 Å². The molecule has 0 saturated heterocycles. The maximum Gasteiger partial charge on any atom is 0.217 e. The zero-order valence-electron chi connectivity index (χ0n) is 8.22. The fraction of sp³-hybridized carbons (Fsp3) is 0. The normalized spacial score (nSPS) is 11.6. The molecule has 0 aliphatic rings. The number of hydrogen-bond acceptors (Lipinski definition) is 4. The van der Waals surface area contributed by atoms with Crippen molar-refractivity contribution >= 4 is 44.4 Å². The van der Waals surface area contributed by atoms with Gasteiger partial charge in [-0.15, -0.1) is 11.3 Å². The summed E-state index contributed by atoms with van der Waals surface area (Å²) in [5, 5.41) is 10.6. The van der Waals surface area contributed by atoms with Crippen LogP contribution in [0.15, 0.2) is 38.8 Å². The summed E-state index contributed by atoms with van der Waals surface area (Å²) in [4.78, 5) is -0.107. The van der Waals surface area contributed by atoms with E-state index in [-0.39, 0.29) is 24.9 Å². The van der Waals surface area contributed by atoms with Gasteiger partial charge in [-0.3, -0.25) is 0 Å². The van der Waals surface area contributed by atoms with Gasteiger partial charge in [0.1, 0.15) is 15.0 Å². The van der Waals surface area contributed by atoms with Gasteiger partial charge in [-0.1, -0.05) is 29.3 Å². The number of hydrogen-bond donors (Lipinski definition) is 1. The summed E-state index contributed by atoms with van der Waals surface area (Å²) in [7, 11) is -3.67.